The molecule has 62 valence electrons. The zero-order valence-corrected chi connectivity index (χ0v) is 6.71. The Morgan fingerprint density at radius 2 is 2.00 bits per heavy atom. The lowest BCUT2D eigenvalue weighted by Crippen LogP contribution is -2.41. The topological polar surface area (TPSA) is 21.8 Å². The van der Waals surface area contributed by atoms with Crippen molar-refractivity contribution < 1.29 is 9.47 Å². The third-order valence-electron chi connectivity index (χ3n) is 3.36. The van der Waals surface area contributed by atoms with Crippen LogP contribution in [0, 0.1) is 0 Å². The second kappa shape index (κ2) is 1.99. The third-order valence-corrected chi connectivity index (χ3v) is 3.36. The maximum absolute atomic E-state index is 5.74. The summed E-state index contributed by atoms with van der Waals surface area (Å²) in [6.07, 6.45) is 7.29. The van der Waals surface area contributed by atoms with Gasteiger partial charge in [0.1, 0.15) is 5.60 Å². The van der Waals surface area contributed by atoms with Gasteiger partial charge in [-0.05, 0) is 32.1 Å². The Kier molecular flexibility index (Phi) is 1.16. The van der Waals surface area contributed by atoms with E-state index in [9.17, 15) is 0 Å². The van der Waals surface area contributed by atoms with Gasteiger partial charge in [0.25, 0.3) is 0 Å². The predicted molar refractivity (Wildman–Crippen MR) is 40.4 cm³/mol. The zero-order valence-electron chi connectivity index (χ0n) is 6.71. The average molecular weight is 154 g/mol. The molecular formula is C9H14O2. The van der Waals surface area contributed by atoms with Crippen molar-refractivity contribution >= 4 is 0 Å². The first-order valence-corrected chi connectivity index (χ1v) is 4.71. The van der Waals surface area contributed by atoms with Crippen LogP contribution in [-0.4, -0.2) is 24.4 Å². The second-order valence-electron chi connectivity index (χ2n) is 3.96. The molecule has 2 unspecified atom stereocenters. The van der Waals surface area contributed by atoms with Crippen LogP contribution in [0.5, 0.6) is 0 Å². The van der Waals surface area contributed by atoms with Crippen LogP contribution < -0.4 is 0 Å². The van der Waals surface area contributed by atoms with Crippen LogP contribution in [0.3, 0.4) is 0 Å². The number of rotatable bonds is 0. The van der Waals surface area contributed by atoms with Crippen LogP contribution in [0.25, 0.3) is 0 Å². The minimum absolute atomic E-state index is 0.219. The Morgan fingerprint density at radius 3 is 2.91 bits per heavy atom. The van der Waals surface area contributed by atoms with Crippen LogP contribution in [0.2, 0.25) is 0 Å². The Balaban J connectivity index is 1.84. The van der Waals surface area contributed by atoms with Gasteiger partial charge in [0.15, 0.2) is 0 Å². The lowest BCUT2D eigenvalue weighted by Gasteiger charge is -2.32. The largest absolute Gasteiger partial charge is 0.375 e. The molecule has 0 aromatic rings. The molecule has 11 heavy (non-hydrogen) atoms. The summed E-state index contributed by atoms with van der Waals surface area (Å²) in [5.41, 5.74) is 0.219. The fraction of sp³-hybridized carbons (Fsp3) is 1.00. The zero-order chi connectivity index (χ0) is 7.31. The maximum atomic E-state index is 5.74. The fourth-order valence-electron chi connectivity index (χ4n) is 2.73. The van der Waals surface area contributed by atoms with Crippen LogP contribution in [0.4, 0.5) is 0 Å². The van der Waals surface area contributed by atoms with E-state index >= 15 is 0 Å². The van der Waals surface area contributed by atoms with Gasteiger partial charge in [0.2, 0.25) is 0 Å². The first-order valence-electron chi connectivity index (χ1n) is 4.71. The number of ether oxygens (including phenoxy) is 2. The molecule has 2 heterocycles. The molecule has 0 radical (unpaired) electrons. The molecule has 3 aliphatic rings. The fourth-order valence-corrected chi connectivity index (χ4v) is 2.73. The van der Waals surface area contributed by atoms with Crippen molar-refractivity contribution in [1.29, 1.82) is 0 Å². The van der Waals surface area contributed by atoms with Gasteiger partial charge in [0.05, 0.1) is 12.2 Å². The smallest absolute Gasteiger partial charge is 0.121 e. The van der Waals surface area contributed by atoms with E-state index in [1.54, 1.807) is 0 Å². The summed E-state index contributed by atoms with van der Waals surface area (Å²) in [6.45, 7) is 0.961. The predicted octanol–water partition coefficient (Wildman–Crippen LogP) is 1.49. The highest BCUT2D eigenvalue weighted by Crippen LogP contribution is 2.53. The molecule has 0 aromatic heterocycles. The third kappa shape index (κ3) is 0.744. The summed E-state index contributed by atoms with van der Waals surface area (Å²) in [5, 5.41) is 0. The Morgan fingerprint density at radius 1 is 1.09 bits per heavy atom. The lowest BCUT2D eigenvalue weighted by molar-refractivity contribution is -0.0496. The SMILES string of the molecule is C1CC2OCCC[C@@]23OC3C1. The van der Waals surface area contributed by atoms with Gasteiger partial charge in [-0.15, -0.1) is 0 Å². The molecule has 2 heteroatoms. The van der Waals surface area contributed by atoms with Gasteiger partial charge in [-0.2, -0.15) is 0 Å². The van der Waals surface area contributed by atoms with Crippen molar-refractivity contribution in [1.82, 2.24) is 0 Å². The van der Waals surface area contributed by atoms with E-state index in [1.807, 2.05) is 0 Å². The molecule has 0 N–H and O–H groups in total. The number of hydrogen-bond donors (Lipinski definition) is 0. The molecule has 1 saturated carbocycles. The second-order valence-corrected chi connectivity index (χ2v) is 3.96. The van der Waals surface area contributed by atoms with Crippen molar-refractivity contribution in [2.45, 2.75) is 49.9 Å². The Labute approximate surface area is 66.9 Å². The summed E-state index contributed by atoms with van der Waals surface area (Å²) in [7, 11) is 0. The normalized spacial score (nSPS) is 54.5. The first kappa shape index (κ1) is 6.44. The van der Waals surface area contributed by atoms with Crippen molar-refractivity contribution in [3.63, 3.8) is 0 Å². The molecule has 0 amide bonds. The van der Waals surface area contributed by atoms with Gasteiger partial charge in [-0.1, -0.05) is 0 Å². The first-order chi connectivity index (χ1) is 5.42. The molecule has 2 aliphatic heterocycles. The van der Waals surface area contributed by atoms with E-state index in [2.05, 4.69) is 0 Å². The van der Waals surface area contributed by atoms with Gasteiger partial charge in [-0.25, -0.2) is 0 Å². The Bertz CT molecular complexity index is 178. The standard InChI is InChI=1S/C9H14O2/c1-3-7-9(5-2-6-10-7)8(4-1)11-9/h7-8H,1-6H2/t7?,8?,9-/m1/s1. The molecule has 1 spiro atoms. The molecule has 2 saturated heterocycles. The molecule has 0 aromatic carbocycles. The molecule has 3 fully saturated rings. The van der Waals surface area contributed by atoms with Gasteiger partial charge in [0, 0.05) is 6.61 Å². The van der Waals surface area contributed by atoms with Crippen molar-refractivity contribution in [3.8, 4) is 0 Å². The Hall–Kier alpha value is -0.0800. The number of hydrogen-bond acceptors (Lipinski definition) is 2. The summed E-state index contributed by atoms with van der Waals surface area (Å²) in [5.74, 6) is 0. The summed E-state index contributed by atoms with van der Waals surface area (Å²) >= 11 is 0. The molecular weight excluding hydrogens is 140 g/mol. The van der Waals surface area contributed by atoms with E-state index in [-0.39, 0.29) is 5.60 Å². The van der Waals surface area contributed by atoms with Crippen LogP contribution in [-0.2, 0) is 9.47 Å². The maximum Gasteiger partial charge on any atom is 0.121 e. The van der Waals surface area contributed by atoms with E-state index in [1.165, 1.54) is 32.1 Å². The molecule has 3 atom stereocenters. The van der Waals surface area contributed by atoms with E-state index in [0.29, 0.717) is 12.2 Å². The van der Waals surface area contributed by atoms with Gasteiger partial charge in [-0.3, -0.25) is 0 Å². The molecule has 2 nitrogen and oxygen atoms in total. The highest BCUT2D eigenvalue weighted by atomic mass is 16.6. The van der Waals surface area contributed by atoms with E-state index in [4.69, 9.17) is 9.47 Å². The summed E-state index contributed by atoms with van der Waals surface area (Å²) in [6, 6.07) is 0. The van der Waals surface area contributed by atoms with Gasteiger partial charge < -0.3 is 9.47 Å². The number of epoxide rings is 1. The summed E-state index contributed by atoms with van der Waals surface area (Å²) < 4.78 is 11.4. The summed E-state index contributed by atoms with van der Waals surface area (Å²) in [4.78, 5) is 0. The monoisotopic (exact) mass is 154 g/mol. The quantitative estimate of drug-likeness (QED) is 0.493. The molecule has 0 bridgehead atoms. The van der Waals surface area contributed by atoms with E-state index < -0.39 is 0 Å². The van der Waals surface area contributed by atoms with Crippen LogP contribution >= 0.6 is 0 Å². The van der Waals surface area contributed by atoms with Gasteiger partial charge >= 0.3 is 0 Å². The molecule has 1 aliphatic carbocycles. The van der Waals surface area contributed by atoms with E-state index in [0.717, 1.165) is 6.61 Å². The van der Waals surface area contributed by atoms with Crippen molar-refractivity contribution in [2.75, 3.05) is 6.61 Å². The highest BCUT2D eigenvalue weighted by Gasteiger charge is 2.63. The lowest BCUT2D eigenvalue weighted by atomic mass is 9.82. The van der Waals surface area contributed by atoms with Crippen molar-refractivity contribution in [2.24, 2.45) is 0 Å². The van der Waals surface area contributed by atoms with Crippen LogP contribution in [0.1, 0.15) is 32.1 Å². The van der Waals surface area contributed by atoms with Crippen molar-refractivity contribution in [3.05, 3.63) is 0 Å². The van der Waals surface area contributed by atoms with Crippen LogP contribution in [0.15, 0.2) is 0 Å². The average Bonchev–Trinajstić information content (AvgIpc) is 2.75. The molecule has 3 rings (SSSR count). The minimum Gasteiger partial charge on any atom is -0.375 e. The highest BCUT2D eigenvalue weighted by molar-refractivity contribution is 5.11. The minimum atomic E-state index is 0.219.